The first-order valence-corrected chi connectivity index (χ1v) is 14.0. The average molecular weight is 506 g/mol. The van der Waals surface area contributed by atoms with E-state index in [9.17, 15) is 9.59 Å². The first-order chi connectivity index (χ1) is 18.2. The average Bonchev–Trinajstić information content (AvgIpc) is 3.25. The number of hydrogen-bond donors (Lipinski definition) is 1. The number of rotatable bonds is 11. The summed E-state index contributed by atoms with van der Waals surface area (Å²) in [6.45, 7) is 0. The molecule has 4 heteroatoms. The lowest BCUT2D eigenvalue weighted by Gasteiger charge is -2.35. The summed E-state index contributed by atoms with van der Waals surface area (Å²) >= 11 is 2.01. The van der Waals surface area contributed by atoms with Gasteiger partial charge in [-0.15, -0.1) is 11.8 Å². The topological polar surface area (TPSA) is 46.2 Å². The van der Waals surface area contributed by atoms with Crippen LogP contribution in [0.4, 0.5) is 0 Å². The normalized spacial score (nSPS) is 12.9. The molecule has 0 fully saturated rings. The van der Waals surface area contributed by atoms with E-state index < -0.39 is 0 Å². The molecule has 1 aliphatic rings. The van der Waals surface area contributed by atoms with Crippen molar-refractivity contribution in [2.45, 2.75) is 36.9 Å². The number of fused-ring (bicyclic) bond motifs is 1. The third-order valence-corrected chi connectivity index (χ3v) is 8.68. The summed E-state index contributed by atoms with van der Waals surface area (Å²) in [6, 6.07) is 38.0. The Morgan fingerprint density at radius 1 is 0.568 bits per heavy atom. The Labute approximate surface area is 223 Å². The Kier molecular flexibility index (Phi) is 7.86. The number of aryl methyl sites for hydroxylation is 1. The molecule has 0 bridgehead atoms. The fourth-order valence-electron chi connectivity index (χ4n) is 5.26. The van der Waals surface area contributed by atoms with Gasteiger partial charge in [-0.2, -0.15) is 0 Å². The number of carbonyl (C=O) groups is 2. The highest BCUT2D eigenvalue weighted by atomic mass is 32.2. The van der Waals surface area contributed by atoms with Gasteiger partial charge in [0.15, 0.2) is 0 Å². The number of amides is 2. The van der Waals surface area contributed by atoms with E-state index in [1.54, 1.807) is 6.07 Å². The Morgan fingerprint density at radius 3 is 1.68 bits per heavy atom. The molecule has 0 aliphatic carbocycles. The van der Waals surface area contributed by atoms with Crippen molar-refractivity contribution in [1.82, 2.24) is 5.32 Å². The molecule has 37 heavy (non-hydrogen) atoms. The summed E-state index contributed by atoms with van der Waals surface area (Å²) in [4.78, 5) is 24.1. The van der Waals surface area contributed by atoms with Crippen LogP contribution in [0.2, 0.25) is 0 Å². The number of unbranched alkanes of at least 4 members (excludes halogenated alkanes) is 3. The predicted octanol–water partition coefficient (Wildman–Crippen LogP) is 7.40. The van der Waals surface area contributed by atoms with E-state index in [1.807, 2.05) is 23.9 Å². The van der Waals surface area contributed by atoms with Gasteiger partial charge < -0.3 is 0 Å². The van der Waals surface area contributed by atoms with Crippen LogP contribution in [-0.2, 0) is 11.2 Å². The fraction of sp³-hybridized carbons (Fsp3) is 0.212. The highest BCUT2D eigenvalue weighted by molar-refractivity contribution is 8.00. The molecule has 0 spiro atoms. The van der Waals surface area contributed by atoms with Gasteiger partial charge in [-0.1, -0.05) is 116 Å². The lowest BCUT2D eigenvalue weighted by atomic mass is 9.84. The minimum Gasteiger partial charge on any atom is -0.288 e. The molecular formula is C33H31NO2S. The molecule has 0 atom stereocenters. The van der Waals surface area contributed by atoms with Crippen LogP contribution < -0.4 is 5.32 Å². The Hall–Kier alpha value is -3.63. The second-order valence-electron chi connectivity index (χ2n) is 9.41. The van der Waals surface area contributed by atoms with Crippen LogP contribution in [0, 0.1) is 0 Å². The van der Waals surface area contributed by atoms with Crippen LogP contribution in [0.3, 0.4) is 0 Å². The molecule has 186 valence electrons. The molecule has 3 nitrogen and oxygen atoms in total. The van der Waals surface area contributed by atoms with Crippen LogP contribution in [-0.4, -0.2) is 17.6 Å². The smallest absolute Gasteiger partial charge is 0.259 e. The molecule has 0 unspecified atom stereocenters. The van der Waals surface area contributed by atoms with Gasteiger partial charge in [0.2, 0.25) is 0 Å². The van der Waals surface area contributed by atoms with Crippen molar-refractivity contribution in [3.05, 3.63) is 143 Å². The summed E-state index contributed by atoms with van der Waals surface area (Å²) < 4.78 is -0.270. The van der Waals surface area contributed by atoms with Crippen molar-refractivity contribution in [3.8, 4) is 0 Å². The van der Waals surface area contributed by atoms with Crippen molar-refractivity contribution >= 4 is 23.6 Å². The third-order valence-electron chi connectivity index (χ3n) is 7.05. The highest BCUT2D eigenvalue weighted by Crippen LogP contribution is 2.48. The molecule has 0 saturated heterocycles. The zero-order valence-corrected chi connectivity index (χ0v) is 21.7. The molecule has 2 amide bonds. The number of nitrogens with one attached hydrogen (secondary N) is 1. The zero-order chi connectivity index (χ0) is 25.5. The van der Waals surface area contributed by atoms with Gasteiger partial charge in [0.1, 0.15) is 0 Å². The number of thioether (sulfide) groups is 1. The minimum absolute atomic E-state index is 0.258. The van der Waals surface area contributed by atoms with E-state index in [0.717, 1.165) is 43.4 Å². The maximum atomic E-state index is 12.2. The Bertz CT molecular complexity index is 1260. The van der Waals surface area contributed by atoms with Crippen LogP contribution in [0.25, 0.3) is 0 Å². The highest BCUT2D eigenvalue weighted by Gasteiger charge is 2.36. The number of carbonyl (C=O) groups excluding carboxylic acids is 2. The maximum Gasteiger partial charge on any atom is 0.259 e. The SMILES string of the molecule is O=C1NC(=O)c2c(CCCCCCSC(c3ccccc3)(c3ccccc3)c3ccccc3)cccc21. The molecule has 5 rings (SSSR count). The van der Waals surface area contributed by atoms with Crippen molar-refractivity contribution in [3.63, 3.8) is 0 Å². The van der Waals surface area contributed by atoms with Crippen LogP contribution in [0.1, 0.15) is 68.7 Å². The predicted molar refractivity (Wildman–Crippen MR) is 152 cm³/mol. The van der Waals surface area contributed by atoms with Crippen molar-refractivity contribution in [2.24, 2.45) is 0 Å². The first-order valence-electron chi connectivity index (χ1n) is 13.0. The lowest BCUT2D eigenvalue weighted by Crippen LogP contribution is -2.26. The van der Waals surface area contributed by atoms with E-state index in [4.69, 9.17) is 0 Å². The summed E-state index contributed by atoms with van der Waals surface area (Å²) in [6.07, 6.45) is 5.16. The van der Waals surface area contributed by atoms with Crippen LogP contribution >= 0.6 is 11.8 Å². The van der Waals surface area contributed by atoms with E-state index >= 15 is 0 Å². The molecule has 0 radical (unpaired) electrons. The molecule has 0 saturated carbocycles. The molecule has 1 heterocycles. The van der Waals surface area contributed by atoms with Crippen molar-refractivity contribution in [1.29, 1.82) is 0 Å². The number of hydrogen-bond acceptors (Lipinski definition) is 3. The van der Waals surface area contributed by atoms with Gasteiger partial charge in [0, 0.05) is 0 Å². The fourth-order valence-corrected chi connectivity index (χ4v) is 6.83. The van der Waals surface area contributed by atoms with Gasteiger partial charge in [-0.3, -0.25) is 14.9 Å². The van der Waals surface area contributed by atoms with Crippen molar-refractivity contribution < 1.29 is 9.59 Å². The number of imide groups is 1. The second-order valence-corrected chi connectivity index (χ2v) is 10.7. The third kappa shape index (κ3) is 5.26. The minimum atomic E-state index is -0.280. The Morgan fingerprint density at radius 2 is 1.11 bits per heavy atom. The molecule has 1 N–H and O–H groups in total. The Balaban J connectivity index is 1.25. The summed E-state index contributed by atoms with van der Waals surface area (Å²) in [5.74, 6) is 0.500. The van der Waals surface area contributed by atoms with Crippen LogP contribution in [0.5, 0.6) is 0 Å². The van der Waals surface area contributed by atoms with E-state index in [2.05, 4.69) is 96.3 Å². The second kappa shape index (κ2) is 11.6. The lowest BCUT2D eigenvalue weighted by molar-refractivity contribution is 0.0879. The van der Waals surface area contributed by atoms with Gasteiger partial charge >= 0.3 is 0 Å². The standard InChI is InChI=1S/C33H31NO2S/c35-31-29-23-14-16-25(30(29)32(36)34-31)15-6-1-2-13-24-37-33(26-17-7-3-8-18-26,27-19-9-4-10-20-27)28-21-11-5-12-22-28/h3-5,7-12,14,16-23H,1-2,6,13,15,24H2,(H,34,35,36). The molecule has 0 aromatic heterocycles. The van der Waals surface area contributed by atoms with E-state index in [0.29, 0.717) is 11.1 Å². The molecule has 4 aromatic carbocycles. The largest absolute Gasteiger partial charge is 0.288 e. The zero-order valence-electron chi connectivity index (χ0n) is 20.9. The van der Waals surface area contributed by atoms with Crippen molar-refractivity contribution in [2.75, 3.05) is 5.75 Å². The van der Waals surface area contributed by atoms with Crippen LogP contribution in [0.15, 0.2) is 109 Å². The summed E-state index contributed by atoms with van der Waals surface area (Å²) in [5, 5.41) is 2.41. The molecule has 1 aliphatic heterocycles. The molecular weight excluding hydrogens is 474 g/mol. The number of benzene rings is 4. The first kappa shape index (κ1) is 25.0. The monoisotopic (exact) mass is 505 g/mol. The van der Waals surface area contributed by atoms with Gasteiger partial charge in [-0.05, 0) is 53.3 Å². The van der Waals surface area contributed by atoms with Gasteiger partial charge in [0.25, 0.3) is 11.8 Å². The van der Waals surface area contributed by atoms with E-state index in [1.165, 1.54) is 16.7 Å². The summed E-state index contributed by atoms with van der Waals surface area (Å²) in [7, 11) is 0. The van der Waals surface area contributed by atoms with Gasteiger partial charge in [0.05, 0.1) is 15.9 Å². The quantitative estimate of drug-likeness (QED) is 0.131. The van der Waals surface area contributed by atoms with Gasteiger partial charge in [-0.25, -0.2) is 0 Å². The maximum absolute atomic E-state index is 12.2. The molecule has 4 aromatic rings. The van der Waals surface area contributed by atoms with E-state index in [-0.39, 0.29) is 16.6 Å². The summed E-state index contributed by atoms with van der Waals surface area (Å²) in [5.41, 5.74) is 5.94.